The van der Waals surface area contributed by atoms with Gasteiger partial charge in [-0.25, -0.2) is 9.59 Å². The van der Waals surface area contributed by atoms with Gasteiger partial charge in [0.1, 0.15) is 24.0 Å². The number of esters is 2. The summed E-state index contributed by atoms with van der Waals surface area (Å²) in [6.45, 7) is 10.9. The largest absolute Gasteiger partial charge is 0.459 e. The van der Waals surface area contributed by atoms with Gasteiger partial charge < -0.3 is 24.8 Å². The first-order chi connectivity index (χ1) is 26.4. The Kier molecular flexibility index (Phi) is 15.2. The lowest BCUT2D eigenvalue weighted by Crippen LogP contribution is -2.44. The molecule has 4 atom stereocenters. The minimum absolute atomic E-state index is 0.0164. The second-order valence-corrected chi connectivity index (χ2v) is 18.2. The number of amides is 2. The zero-order valence-corrected chi connectivity index (χ0v) is 34.0. The third-order valence-electron chi connectivity index (χ3n) is 8.56. The summed E-state index contributed by atoms with van der Waals surface area (Å²) in [4.78, 5) is 53.5. The third kappa shape index (κ3) is 13.5. The number of carbonyl (C=O) groups is 4. The molecule has 0 bridgehead atoms. The summed E-state index contributed by atoms with van der Waals surface area (Å²) in [5.74, 6) is -4.25. The number of hydrogen-bond donors (Lipinski definition) is 2. The van der Waals surface area contributed by atoms with Gasteiger partial charge in [-0.3, -0.25) is 18.7 Å². The number of hydrogen-bond acceptors (Lipinski definition) is 9. The van der Waals surface area contributed by atoms with Gasteiger partial charge in [-0.05, 0) is 82.7 Å². The lowest BCUT2D eigenvalue weighted by atomic mass is 9.97. The molecule has 4 aromatic carbocycles. The van der Waals surface area contributed by atoms with Gasteiger partial charge in [0.2, 0.25) is 13.3 Å². The molecule has 11 nitrogen and oxygen atoms in total. The molecule has 0 heterocycles. The maximum atomic E-state index is 15.5. The smallest absolute Gasteiger partial charge is 0.408 e. The van der Waals surface area contributed by atoms with Crippen molar-refractivity contribution in [2.75, 3.05) is 13.0 Å². The van der Waals surface area contributed by atoms with E-state index in [9.17, 15) is 19.2 Å². The molecular weight excluding hydrogens is 731 g/mol. The zero-order chi connectivity index (χ0) is 40.9. The van der Waals surface area contributed by atoms with Gasteiger partial charge in [0, 0.05) is 6.16 Å². The van der Waals surface area contributed by atoms with Gasteiger partial charge in [0.15, 0.2) is 6.79 Å². The van der Waals surface area contributed by atoms with Gasteiger partial charge in [0.05, 0.1) is 11.3 Å². The predicted octanol–water partition coefficient (Wildman–Crippen LogP) is 8.83. The van der Waals surface area contributed by atoms with Crippen LogP contribution in [-0.4, -0.2) is 48.5 Å². The van der Waals surface area contributed by atoms with Gasteiger partial charge in [-0.15, -0.1) is 0 Å². The van der Waals surface area contributed by atoms with Crippen molar-refractivity contribution in [3.63, 3.8) is 0 Å². The van der Waals surface area contributed by atoms with E-state index in [-0.39, 0.29) is 13.0 Å². The Morgan fingerprint density at radius 3 is 1.80 bits per heavy atom. The fourth-order valence-corrected chi connectivity index (χ4v) is 8.16. The lowest BCUT2D eigenvalue weighted by Gasteiger charge is -2.32. The van der Waals surface area contributed by atoms with Gasteiger partial charge in [-0.1, -0.05) is 115 Å². The van der Waals surface area contributed by atoms with Gasteiger partial charge in [0.25, 0.3) is 0 Å². The number of carbonyl (C=O) groups excluding carboxylic acids is 4. The van der Waals surface area contributed by atoms with Gasteiger partial charge in [-0.2, -0.15) is 0 Å². The lowest BCUT2D eigenvalue weighted by molar-refractivity contribution is -0.159. The van der Waals surface area contributed by atoms with E-state index in [1.807, 2.05) is 84.9 Å². The van der Waals surface area contributed by atoms with E-state index in [0.717, 1.165) is 22.3 Å². The SMILES string of the molecule is C[C@H](NC(=O)[C@H](Cc1ccc(-c2ccccc2)cc1)CP(=O)(OCOC(=O)C(C)(C)C)[C@@H](NC(=O)OC(C)(C)C)c1ccccc1)C(=O)OCc1ccccc1. The maximum absolute atomic E-state index is 15.5. The highest BCUT2D eigenvalue weighted by molar-refractivity contribution is 7.59. The van der Waals surface area contributed by atoms with Crippen LogP contribution < -0.4 is 10.6 Å². The van der Waals surface area contributed by atoms with E-state index in [1.54, 1.807) is 71.9 Å². The van der Waals surface area contributed by atoms with Crippen molar-refractivity contribution in [2.24, 2.45) is 11.3 Å². The average Bonchev–Trinajstić information content (AvgIpc) is 3.16. The van der Waals surface area contributed by atoms with Crippen LogP contribution in [0.2, 0.25) is 0 Å². The Balaban J connectivity index is 1.71. The molecule has 1 unspecified atom stereocenters. The van der Waals surface area contributed by atoms with Crippen molar-refractivity contribution in [2.45, 2.75) is 78.9 Å². The Bertz CT molecular complexity index is 1940. The fourth-order valence-electron chi connectivity index (χ4n) is 5.62. The van der Waals surface area contributed by atoms with Crippen LogP contribution in [0.5, 0.6) is 0 Å². The van der Waals surface area contributed by atoms with Crippen molar-refractivity contribution in [1.82, 2.24) is 10.6 Å². The molecule has 0 radical (unpaired) electrons. The molecular formula is C44H53N2O9P. The molecule has 0 saturated carbocycles. The van der Waals surface area contributed by atoms with Gasteiger partial charge >= 0.3 is 18.0 Å². The monoisotopic (exact) mass is 784 g/mol. The van der Waals surface area contributed by atoms with Crippen LogP contribution in [0.15, 0.2) is 115 Å². The van der Waals surface area contributed by atoms with Crippen LogP contribution in [0.3, 0.4) is 0 Å². The van der Waals surface area contributed by atoms with E-state index in [2.05, 4.69) is 10.6 Å². The highest BCUT2D eigenvalue weighted by Gasteiger charge is 2.42. The first-order valence-corrected chi connectivity index (χ1v) is 20.4. The number of nitrogens with one attached hydrogen (secondary N) is 2. The van der Waals surface area contributed by atoms with Crippen molar-refractivity contribution in [1.29, 1.82) is 0 Å². The second-order valence-electron chi connectivity index (χ2n) is 15.6. The van der Waals surface area contributed by atoms with Crippen LogP contribution in [-0.2, 0) is 50.7 Å². The Morgan fingerprint density at radius 2 is 1.23 bits per heavy atom. The van der Waals surface area contributed by atoms with Crippen LogP contribution >= 0.6 is 7.37 Å². The molecule has 2 amide bonds. The van der Waals surface area contributed by atoms with Crippen LogP contribution in [0.1, 0.15) is 70.9 Å². The first kappa shape index (κ1) is 43.5. The molecule has 0 saturated heterocycles. The third-order valence-corrected chi connectivity index (χ3v) is 11.3. The zero-order valence-electron chi connectivity index (χ0n) is 33.2. The molecule has 0 aromatic heterocycles. The molecule has 4 aromatic rings. The Labute approximate surface area is 329 Å². The van der Waals surface area contributed by atoms with Crippen molar-refractivity contribution in [3.8, 4) is 11.1 Å². The van der Waals surface area contributed by atoms with Crippen molar-refractivity contribution < 1.29 is 42.5 Å². The Morgan fingerprint density at radius 1 is 0.679 bits per heavy atom. The normalized spacial score (nSPS) is 14.3. The molecule has 0 aliphatic heterocycles. The maximum Gasteiger partial charge on any atom is 0.408 e. The first-order valence-electron chi connectivity index (χ1n) is 18.5. The number of alkyl carbamates (subject to hydrolysis) is 1. The van der Waals surface area contributed by atoms with E-state index in [4.69, 9.17) is 18.7 Å². The minimum atomic E-state index is -4.27. The molecule has 0 aliphatic rings. The van der Waals surface area contributed by atoms with Crippen LogP contribution in [0.4, 0.5) is 4.79 Å². The summed E-state index contributed by atoms with van der Waals surface area (Å²) in [7, 11) is -4.27. The number of benzene rings is 4. The van der Waals surface area contributed by atoms with E-state index < -0.39 is 73.0 Å². The summed E-state index contributed by atoms with van der Waals surface area (Å²) >= 11 is 0. The quantitative estimate of drug-likeness (QED) is 0.0493. The van der Waals surface area contributed by atoms with Crippen molar-refractivity contribution in [3.05, 3.63) is 132 Å². The standard InChI is InChI=1S/C44H53N2O9P/c1-31(40(48)52-28-33-17-11-8-12-18-33)45-38(47)37(27-32-23-25-35(26-24-32)34-19-13-9-14-20-34)29-56(51,54-30-53-41(49)43(2,3)4)39(36-21-15-10-16-22-36)46-42(50)55-44(5,6)7/h8-26,31,37,39H,27-30H2,1-7H3,(H,45,47)(H,46,50)/t31-,37+,39+,56?/m0/s1. The van der Waals surface area contributed by atoms with E-state index in [0.29, 0.717) is 5.56 Å². The number of ether oxygens (including phenoxy) is 3. The summed E-state index contributed by atoms with van der Waals surface area (Å²) in [5, 5.41) is 5.48. The van der Waals surface area contributed by atoms with Crippen LogP contribution in [0, 0.1) is 11.3 Å². The Hall–Kier alpha value is -5.25. The average molecular weight is 785 g/mol. The summed E-state index contributed by atoms with van der Waals surface area (Å²) in [5.41, 5.74) is 2.13. The molecule has 298 valence electrons. The second kappa shape index (κ2) is 19.6. The molecule has 4 rings (SSSR count). The highest BCUT2D eigenvalue weighted by atomic mass is 31.2. The molecule has 2 N–H and O–H groups in total. The molecule has 0 aliphatic carbocycles. The summed E-state index contributed by atoms with van der Waals surface area (Å²) in [6, 6.07) is 34.0. The predicted molar refractivity (Wildman–Crippen MR) is 215 cm³/mol. The van der Waals surface area contributed by atoms with Crippen LogP contribution in [0.25, 0.3) is 11.1 Å². The fraction of sp³-hybridized carbons (Fsp3) is 0.364. The van der Waals surface area contributed by atoms with Crippen molar-refractivity contribution >= 4 is 31.3 Å². The van der Waals surface area contributed by atoms with E-state index >= 15 is 4.57 Å². The van der Waals surface area contributed by atoms with E-state index in [1.165, 1.54) is 6.92 Å². The highest BCUT2D eigenvalue weighted by Crippen LogP contribution is 2.60. The summed E-state index contributed by atoms with van der Waals surface area (Å²) in [6.07, 6.45) is -1.21. The molecule has 0 spiro atoms. The topological polar surface area (TPSA) is 146 Å². The minimum Gasteiger partial charge on any atom is -0.459 e. The molecule has 12 heteroatoms. The molecule has 0 fully saturated rings. The molecule has 56 heavy (non-hydrogen) atoms. The number of rotatable bonds is 16. The summed E-state index contributed by atoms with van der Waals surface area (Å²) < 4.78 is 38.0.